The molecule has 0 aliphatic carbocycles. The third-order valence-electron chi connectivity index (χ3n) is 4.77. The Hall–Kier alpha value is -1.24. The van der Waals surface area contributed by atoms with Crippen LogP contribution in [0.3, 0.4) is 0 Å². The van der Waals surface area contributed by atoms with E-state index in [1.54, 1.807) is 26.2 Å². The minimum Gasteiger partial charge on any atom is -0.387 e. The van der Waals surface area contributed by atoms with Crippen LogP contribution in [0.4, 0.5) is 0 Å². The number of amidine groups is 1. The van der Waals surface area contributed by atoms with E-state index in [1.165, 1.54) is 30.6 Å². The number of aliphatic hydroxyl groups is 2. The maximum Gasteiger partial charge on any atom is 0.407 e. The number of carbonyl (C=O) groups is 1. The second-order valence-electron chi connectivity index (χ2n) is 7.42. The molecule has 1 saturated heterocycles. The average Bonchev–Trinajstić information content (AvgIpc) is 2.94. The molecule has 0 bridgehead atoms. The number of hydrogen-bond donors (Lipinski definition) is 3. The topological polar surface area (TPSA) is 133 Å². The Kier molecular flexibility index (Phi) is 8.88. The summed E-state index contributed by atoms with van der Waals surface area (Å²) in [4.78, 5) is 16.6. The number of carbonyl (C=O) groups excluding carboxylic acids is 1. The Labute approximate surface area is 186 Å². The van der Waals surface area contributed by atoms with Gasteiger partial charge in [0, 0.05) is 25.9 Å². The van der Waals surface area contributed by atoms with E-state index in [4.69, 9.17) is 13.8 Å². The number of nitrogens with zero attached hydrogens (tertiary/aromatic N) is 3. The number of aliphatic imine (C=N–C) groups is 1. The van der Waals surface area contributed by atoms with Crippen LogP contribution in [0.25, 0.3) is 0 Å². The molecule has 31 heavy (non-hydrogen) atoms. The van der Waals surface area contributed by atoms with Gasteiger partial charge in [0.15, 0.2) is 11.3 Å². The molecule has 5 atom stereocenters. The molecular formula is C18H31N4O7PS. The third kappa shape index (κ3) is 6.17. The van der Waals surface area contributed by atoms with Crippen LogP contribution in [0.15, 0.2) is 29.7 Å². The summed E-state index contributed by atoms with van der Waals surface area (Å²) in [7, 11) is 0.985. The van der Waals surface area contributed by atoms with Crippen LogP contribution in [0.5, 0.6) is 0 Å². The van der Waals surface area contributed by atoms with Crippen molar-refractivity contribution in [3.05, 3.63) is 24.7 Å². The molecule has 0 aromatic carbocycles. The molecule has 2 unspecified atom stereocenters. The van der Waals surface area contributed by atoms with Gasteiger partial charge in [0.25, 0.3) is 0 Å². The molecule has 176 valence electrons. The molecule has 3 N–H and O–H groups in total. The maximum absolute atomic E-state index is 13.1. The van der Waals surface area contributed by atoms with Crippen molar-refractivity contribution in [1.29, 1.82) is 0 Å². The van der Waals surface area contributed by atoms with Crippen LogP contribution in [0.2, 0.25) is 0 Å². The maximum atomic E-state index is 13.1. The summed E-state index contributed by atoms with van der Waals surface area (Å²) >= 11 is 1.05. The van der Waals surface area contributed by atoms with Crippen LogP contribution in [-0.4, -0.2) is 94.9 Å². The van der Waals surface area contributed by atoms with Gasteiger partial charge in [-0.25, -0.2) is 9.24 Å². The first-order valence-electron chi connectivity index (χ1n) is 9.57. The number of aliphatic hydroxyl groups excluding tert-OH is 2. The van der Waals surface area contributed by atoms with Crippen molar-refractivity contribution in [2.75, 3.05) is 40.1 Å². The van der Waals surface area contributed by atoms with E-state index in [1.807, 2.05) is 0 Å². The summed E-state index contributed by atoms with van der Waals surface area (Å²) in [6.45, 7) is 6.61. The van der Waals surface area contributed by atoms with Crippen molar-refractivity contribution in [1.82, 2.24) is 14.9 Å². The first-order valence-corrected chi connectivity index (χ1v) is 12.0. The number of thioether (sulfide) groups is 1. The third-order valence-corrected chi connectivity index (χ3v) is 7.49. The Balaban J connectivity index is 2.07. The Morgan fingerprint density at radius 1 is 1.48 bits per heavy atom. The Morgan fingerprint density at radius 3 is 2.71 bits per heavy atom. The standard InChI is InChI=1S/C18H31N4O7PS/c1-12-20-14(19-4)7-8-22(12)17-15(24)16(25)18(3,29-17)11-28-30(26,21(5)6)27-9-10-31-13(2)23/h7-8,15-17,24-25H,1,9-11H2,2-6H3,(H,19,20)/t15?,16-,17-,18-,30?/m1/s1. The summed E-state index contributed by atoms with van der Waals surface area (Å²) in [5.41, 5.74) is -1.37. The summed E-state index contributed by atoms with van der Waals surface area (Å²) in [5.74, 6) is 1.33. The van der Waals surface area contributed by atoms with Crippen molar-refractivity contribution in [3.63, 3.8) is 0 Å². The highest BCUT2D eigenvalue weighted by Gasteiger charge is 2.54. The van der Waals surface area contributed by atoms with Gasteiger partial charge in [0.05, 0.1) is 13.2 Å². The Bertz CT molecular complexity index is 793. The highest BCUT2D eigenvalue weighted by Crippen LogP contribution is 2.51. The van der Waals surface area contributed by atoms with E-state index in [0.717, 1.165) is 11.8 Å². The molecule has 0 aromatic heterocycles. The fraction of sp³-hybridized carbons (Fsp3) is 0.667. The lowest BCUT2D eigenvalue weighted by molar-refractivity contribution is -0.122. The lowest BCUT2D eigenvalue weighted by Gasteiger charge is -2.34. The lowest BCUT2D eigenvalue weighted by Crippen LogP contribution is -2.46. The molecule has 11 nitrogen and oxygen atoms in total. The van der Waals surface area contributed by atoms with Crippen LogP contribution >= 0.6 is 19.5 Å². The minimum atomic E-state index is -3.71. The first-order chi connectivity index (χ1) is 14.4. The van der Waals surface area contributed by atoms with Crippen LogP contribution in [0, 0.1) is 0 Å². The second-order valence-corrected chi connectivity index (χ2v) is 10.9. The number of nitrogens with one attached hydrogen (secondary N) is 1. The monoisotopic (exact) mass is 478 g/mol. The molecule has 0 radical (unpaired) electrons. The molecule has 0 amide bonds. The molecule has 2 rings (SSSR count). The second kappa shape index (κ2) is 10.6. The largest absolute Gasteiger partial charge is 0.407 e. The zero-order chi connectivity index (χ0) is 23.4. The first kappa shape index (κ1) is 26.0. The van der Waals surface area contributed by atoms with E-state index in [2.05, 4.69) is 16.9 Å². The molecule has 0 saturated carbocycles. The van der Waals surface area contributed by atoms with E-state index >= 15 is 0 Å². The van der Waals surface area contributed by atoms with Gasteiger partial charge in [-0.15, -0.1) is 0 Å². The fourth-order valence-electron chi connectivity index (χ4n) is 2.95. The highest BCUT2D eigenvalue weighted by atomic mass is 32.2. The summed E-state index contributed by atoms with van der Waals surface area (Å²) in [6.07, 6.45) is -0.261. The van der Waals surface area contributed by atoms with Crippen LogP contribution < -0.4 is 5.32 Å². The molecular weight excluding hydrogens is 447 g/mol. The molecule has 2 aliphatic heterocycles. The smallest absolute Gasteiger partial charge is 0.387 e. The van der Waals surface area contributed by atoms with Crippen molar-refractivity contribution in [2.45, 2.75) is 37.9 Å². The average molecular weight is 479 g/mol. The van der Waals surface area contributed by atoms with E-state index in [0.29, 0.717) is 17.4 Å². The van der Waals surface area contributed by atoms with Crippen molar-refractivity contribution in [2.24, 2.45) is 4.99 Å². The zero-order valence-electron chi connectivity index (χ0n) is 18.3. The van der Waals surface area contributed by atoms with Gasteiger partial charge in [0.2, 0.25) is 0 Å². The number of rotatable bonds is 9. The predicted molar refractivity (Wildman–Crippen MR) is 118 cm³/mol. The van der Waals surface area contributed by atoms with Gasteiger partial charge < -0.3 is 25.2 Å². The molecule has 0 spiro atoms. The summed E-state index contributed by atoms with van der Waals surface area (Å²) in [6, 6.07) is 0. The molecule has 2 aliphatic rings. The quantitative estimate of drug-likeness (QED) is 0.320. The zero-order valence-corrected chi connectivity index (χ0v) is 20.1. The molecule has 2 heterocycles. The number of hydrogen-bond acceptors (Lipinski definition) is 10. The van der Waals surface area contributed by atoms with E-state index in [-0.39, 0.29) is 18.3 Å². The van der Waals surface area contributed by atoms with Gasteiger partial charge in [0.1, 0.15) is 29.5 Å². The normalized spacial score (nSPS) is 31.9. The van der Waals surface area contributed by atoms with Gasteiger partial charge in [-0.2, -0.15) is 0 Å². The van der Waals surface area contributed by atoms with Crippen molar-refractivity contribution in [3.8, 4) is 0 Å². The van der Waals surface area contributed by atoms with E-state index < -0.39 is 31.8 Å². The summed E-state index contributed by atoms with van der Waals surface area (Å²) < 4.78 is 31.3. The summed E-state index contributed by atoms with van der Waals surface area (Å²) in [5, 5.41) is 24.1. The predicted octanol–water partition coefficient (Wildman–Crippen LogP) is 0.724. The van der Waals surface area contributed by atoms with Crippen molar-refractivity contribution < 1.29 is 33.4 Å². The lowest BCUT2D eigenvalue weighted by atomic mass is 9.98. The Morgan fingerprint density at radius 2 is 2.16 bits per heavy atom. The number of ether oxygens (including phenoxy) is 1. The molecule has 0 aromatic rings. The molecule has 1 fully saturated rings. The molecule has 13 heteroatoms. The van der Waals surface area contributed by atoms with Gasteiger partial charge in [-0.05, 0) is 27.1 Å². The van der Waals surface area contributed by atoms with Crippen LogP contribution in [-0.2, 0) is 23.1 Å². The van der Waals surface area contributed by atoms with Gasteiger partial charge in [-0.3, -0.25) is 18.8 Å². The van der Waals surface area contributed by atoms with Gasteiger partial charge >= 0.3 is 7.75 Å². The fourth-order valence-corrected chi connectivity index (χ4v) is 4.81. The SMILES string of the molecule is C=C1NC(=NC)C=CN1[C@@H]1O[C@](C)(COP(=O)(OCCSC(C)=O)N(C)C)[C@H](O)C1O. The van der Waals surface area contributed by atoms with Gasteiger partial charge in [-0.1, -0.05) is 18.3 Å². The van der Waals surface area contributed by atoms with Crippen molar-refractivity contribution >= 4 is 30.5 Å². The van der Waals surface area contributed by atoms with E-state index in [9.17, 15) is 19.6 Å². The van der Waals surface area contributed by atoms with Crippen LogP contribution in [0.1, 0.15) is 13.8 Å². The minimum absolute atomic E-state index is 0.0382. The highest BCUT2D eigenvalue weighted by molar-refractivity contribution is 8.13.